The maximum atomic E-state index is 12.5. The zero-order valence-corrected chi connectivity index (χ0v) is 19.3. The molecule has 1 aliphatic carbocycles. The van der Waals surface area contributed by atoms with Gasteiger partial charge in [0, 0.05) is 12.0 Å². The summed E-state index contributed by atoms with van der Waals surface area (Å²) in [5.41, 5.74) is 1.85. The molecule has 1 unspecified atom stereocenters. The van der Waals surface area contributed by atoms with Gasteiger partial charge in [-0.3, -0.25) is 4.79 Å². The van der Waals surface area contributed by atoms with Gasteiger partial charge < -0.3 is 9.47 Å². The fourth-order valence-corrected chi connectivity index (χ4v) is 4.76. The largest absolute Gasteiger partial charge is 0.475 e. The number of carbonyl (C=O) groups is 1. The van der Waals surface area contributed by atoms with Gasteiger partial charge >= 0.3 is 5.97 Å². The third-order valence-corrected chi connectivity index (χ3v) is 6.66. The number of hydrogen-bond donors (Lipinski definition) is 0. The molecule has 0 amide bonds. The highest BCUT2D eigenvalue weighted by Gasteiger charge is 2.37. The normalized spacial score (nSPS) is 22.5. The Balaban J connectivity index is 1.57. The second kappa shape index (κ2) is 11.8. The number of nitrogens with zero attached hydrogens (tertiary/aromatic N) is 3. The number of carbonyl (C=O) groups excluding carboxylic acids is 1. The van der Waals surface area contributed by atoms with E-state index in [1.165, 1.54) is 37.4 Å². The Labute approximate surface area is 184 Å². The molecule has 0 saturated heterocycles. The molecule has 0 N–H and O–H groups in total. The molecule has 168 valence electrons. The van der Waals surface area contributed by atoms with Gasteiger partial charge in [-0.2, -0.15) is 4.37 Å². The molecular formula is C22H36N3O4S+. The van der Waals surface area contributed by atoms with E-state index in [9.17, 15) is 4.79 Å². The minimum Gasteiger partial charge on any atom is -0.475 e. The van der Waals surface area contributed by atoms with Gasteiger partial charge in [-0.15, -0.1) is 9.02 Å². The van der Waals surface area contributed by atoms with Crippen molar-refractivity contribution in [1.29, 1.82) is 0 Å². The fourth-order valence-electron chi connectivity index (χ4n) is 4.22. The summed E-state index contributed by atoms with van der Waals surface area (Å²) in [5, 5.41) is 0. The van der Waals surface area contributed by atoms with E-state index in [1.807, 2.05) is 0 Å². The lowest BCUT2D eigenvalue weighted by Crippen LogP contribution is -2.52. The van der Waals surface area contributed by atoms with E-state index >= 15 is 0 Å². The van der Waals surface area contributed by atoms with Crippen LogP contribution < -0.4 is 4.74 Å². The third kappa shape index (κ3) is 6.25. The van der Waals surface area contributed by atoms with Gasteiger partial charge in [-0.25, -0.2) is 4.84 Å². The van der Waals surface area contributed by atoms with Crippen LogP contribution in [0.25, 0.3) is 5.57 Å². The molecule has 1 aromatic rings. The van der Waals surface area contributed by atoms with Crippen molar-refractivity contribution in [2.24, 2.45) is 5.92 Å². The van der Waals surface area contributed by atoms with Crippen molar-refractivity contribution in [3.63, 3.8) is 0 Å². The summed E-state index contributed by atoms with van der Waals surface area (Å²) in [6.45, 7) is 4.45. The van der Waals surface area contributed by atoms with Crippen molar-refractivity contribution >= 4 is 23.3 Å². The van der Waals surface area contributed by atoms with Crippen molar-refractivity contribution < 1.29 is 23.8 Å². The van der Waals surface area contributed by atoms with E-state index in [0.717, 1.165) is 56.3 Å². The molecule has 0 aromatic carbocycles. The van der Waals surface area contributed by atoms with Crippen LogP contribution in [-0.2, 0) is 14.4 Å². The minimum atomic E-state index is -0.0771. The molecule has 1 aromatic heterocycles. The van der Waals surface area contributed by atoms with Gasteiger partial charge in [0.15, 0.2) is 0 Å². The topological polar surface area (TPSA) is 70.5 Å². The highest BCUT2D eigenvalue weighted by molar-refractivity contribution is 6.99. The van der Waals surface area contributed by atoms with E-state index in [-0.39, 0.29) is 23.3 Å². The van der Waals surface area contributed by atoms with Crippen LogP contribution in [0.5, 0.6) is 5.88 Å². The number of rotatable bonds is 11. The van der Waals surface area contributed by atoms with Crippen LogP contribution in [0.1, 0.15) is 76.8 Å². The summed E-state index contributed by atoms with van der Waals surface area (Å²) in [7, 11) is 1.68. The zero-order chi connectivity index (χ0) is 21.2. The Morgan fingerprint density at radius 3 is 2.80 bits per heavy atom. The molecule has 1 aliphatic heterocycles. The molecule has 0 bridgehead atoms. The number of aromatic nitrogens is 2. The number of quaternary nitrogens is 1. The SMILES string of the molecule is CCCCCCOc1nsnc1C1=CCC[N+](COC(=O)C2CCCCC2)(OC)C1. The van der Waals surface area contributed by atoms with Crippen LogP contribution in [0.15, 0.2) is 6.08 Å². The average Bonchev–Trinajstić information content (AvgIpc) is 3.27. The Bertz CT molecular complexity index is 702. The van der Waals surface area contributed by atoms with Gasteiger partial charge in [0.05, 0.1) is 31.4 Å². The lowest BCUT2D eigenvalue weighted by Gasteiger charge is -2.36. The Morgan fingerprint density at radius 1 is 1.20 bits per heavy atom. The van der Waals surface area contributed by atoms with Gasteiger partial charge in [-0.1, -0.05) is 51.5 Å². The monoisotopic (exact) mass is 438 g/mol. The Hall–Kier alpha value is -1.51. The first-order valence-electron chi connectivity index (χ1n) is 11.4. The van der Waals surface area contributed by atoms with Crippen molar-refractivity contribution in [2.45, 2.75) is 71.1 Å². The zero-order valence-electron chi connectivity index (χ0n) is 18.4. The highest BCUT2D eigenvalue weighted by Crippen LogP contribution is 2.31. The van der Waals surface area contributed by atoms with Crippen LogP contribution in [-0.4, -0.2) is 52.9 Å². The smallest absolute Gasteiger partial charge is 0.313 e. The van der Waals surface area contributed by atoms with Crippen LogP contribution in [0.3, 0.4) is 0 Å². The standard InChI is InChI=1S/C22H36N3O4S/c1-3-4-5-9-15-28-21-20(23-30-24-21)19-13-10-14-25(16-19,27-2)17-29-22(26)18-11-7-6-8-12-18/h13,18H,3-12,14-17H2,1-2H3/q+1. The third-order valence-electron chi connectivity index (χ3n) is 6.15. The second-order valence-corrected chi connectivity index (χ2v) is 8.92. The minimum absolute atomic E-state index is 0.0471. The summed E-state index contributed by atoms with van der Waals surface area (Å²) in [6.07, 6.45) is 13.0. The molecule has 0 spiro atoms. The predicted octanol–water partition coefficient (Wildman–Crippen LogP) is 4.74. The molecule has 2 aliphatic rings. The van der Waals surface area contributed by atoms with E-state index in [4.69, 9.17) is 14.3 Å². The van der Waals surface area contributed by atoms with Crippen LogP contribution in [0.4, 0.5) is 0 Å². The first-order valence-corrected chi connectivity index (χ1v) is 12.1. The second-order valence-electron chi connectivity index (χ2n) is 8.39. The van der Waals surface area contributed by atoms with Gasteiger partial charge in [0.2, 0.25) is 0 Å². The lowest BCUT2D eigenvalue weighted by atomic mass is 9.89. The highest BCUT2D eigenvalue weighted by atomic mass is 32.1. The Kier molecular flexibility index (Phi) is 9.08. The number of unbranched alkanes of at least 4 members (excludes halogenated alkanes) is 3. The lowest BCUT2D eigenvalue weighted by molar-refractivity contribution is -1.11. The summed E-state index contributed by atoms with van der Waals surface area (Å²) in [4.78, 5) is 18.4. The number of hydroxylamine groups is 3. The number of hydrogen-bond acceptors (Lipinski definition) is 7. The maximum Gasteiger partial charge on any atom is 0.313 e. The van der Waals surface area contributed by atoms with Crippen LogP contribution >= 0.6 is 11.7 Å². The molecule has 1 atom stereocenters. The molecule has 0 radical (unpaired) electrons. The average molecular weight is 439 g/mol. The Morgan fingerprint density at radius 2 is 2.03 bits per heavy atom. The van der Waals surface area contributed by atoms with Crippen molar-refractivity contribution in [3.8, 4) is 5.88 Å². The molecule has 1 saturated carbocycles. The predicted molar refractivity (Wildman–Crippen MR) is 117 cm³/mol. The number of esters is 1. The first-order chi connectivity index (χ1) is 14.7. The van der Waals surface area contributed by atoms with E-state index in [2.05, 4.69) is 21.7 Å². The van der Waals surface area contributed by atoms with E-state index in [0.29, 0.717) is 19.0 Å². The fraction of sp³-hybridized carbons (Fsp3) is 0.773. The van der Waals surface area contributed by atoms with E-state index < -0.39 is 0 Å². The molecule has 8 heteroatoms. The van der Waals surface area contributed by atoms with Crippen LogP contribution in [0.2, 0.25) is 0 Å². The van der Waals surface area contributed by atoms with Crippen molar-refractivity contribution in [2.75, 3.05) is 33.5 Å². The molecular weight excluding hydrogens is 402 g/mol. The molecule has 1 fully saturated rings. The molecule has 30 heavy (non-hydrogen) atoms. The van der Waals surface area contributed by atoms with Gasteiger partial charge in [0.25, 0.3) is 12.6 Å². The quantitative estimate of drug-likeness (QED) is 0.282. The van der Waals surface area contributed by atoms with E-state index in [1.54, 1.807) is 7.11 Å². The summed E-state index contributed by atoms with van der Waals surface area (Å²) < 4.78 is 20.8. The molecule has 2 heterocycles. The maximum absolute atomic E-state index is 12.5. The summed E-state index contributed by atoms with van der Waals surface area (Å²) in [5.74, 6) is 0.579. The summed E-state index contributed by atoms with van der Waals surface area (Å²) in [6, 6.07) is 0. The van der Waals surface area contributed by atoms with Crippen molar-refractivity contribution in [3.05, 3.63) is 11.8 Å². The molecule has 3 rings (SSSR count). The first kappa shape index (κ1) is 23.2. The van der Waals surface area contributed by atoms with Crippen molar-refractivity contribution in [1.82, 2.24) is 8.75 Å². The van der Waals surface area contributed by atoms with Crippen LogP contribution in [0, 0.1) is 5.92 Å². The summed E-state index contributed by atoms with van der Waals surface area (Å²) >= 11 is 1.17. The van der Waals surface area contributed by atoms with Gasteiger partial charge in [0.1, 0.15) is 18.8 Å². The van der Waals surface area contributed by atoms with Gasteiger partial charge in [-0.05, 0) is 19.3 Å². The molecule has 7 nitrogen and oxygen atoms in total. The number of ether oxygens (including phenoxy) is 2.